The van der Waals surface area contributed by atoms with E-state index in [-0.39, 0.29) is 5.60 Å². The molecule has 11 heavy (non-hydrogen) atoms. The molecule has 62 valence electrons. The fourth-order valence-electron chi connectivity index (χ4n) is 2.51. The van der Waals surface area contributed by atoms with E-state index in [1.54, 1.807) is 0 Å². The van der Waals surface area contributed by atoms with Crippen LogP contribution < -0.4 is 0 Å². The van der Waals surface area contributed by atoms with Gasteiger partial charge in [-0.05, 0) is 38.0 Å². The largest absolute Gasteiger partial charge is 0.390 e. The predicted octanol–water partition coefficient (Wildman–Crippen LogP) is 2.26. The quantitative estimate of drug-likeness (QED) is 0.528. The topological polar surface area (TPSA) is 20.2 Å². The summed E-state index contributed by atoms with van der Waals surface area (Å²) in [7, 11) is 0. The predicted molar refractivity (Wildman–Crippen MR) is 45.3 cm³/mol. The molecule has 2 aliphatic rings. The Hall–Kier alpha value is -0.300. The van der Waals surface area contributed by atoms with Crippen LogP contribution in [0.25, 0.3) is 0 Å². The SMILES string of the molecule is O[C@@]12CCC=CC[C@H]1CCC2. The maximum Gasteiger partial charge on any atom is 0.0681 e. The van der Waals surface area contributed by atoms with Crippen LogP contribution in [0.4, 0.5) is 0 Å². The van der Waals surface area contributed by atoms with Crippen molar-refractivity contribution in [1.82, 2.24) is 0 Å². The molecule has 0 saturated heterocycles. The van der Waals surface area contributed by atoms with Crippen LogP contribution in [0.2, 0.25) is 0 Å². The fourth-order valence-corrected chi connectivity index (χ4v) is 2.51. The lowest BCUT2D eigenvalue weighted by Gasteiger charge is -2.27. The zero-order chi connectivity index (χ0) is 7.73. The van der Waals surface area contributed by atoms with Gasteiger partial charge in [0.05, 0.1) is 5.60 Å². The monoisotopic (exact) mass is 152 g/mol. The van der Waals surface area contributed by atoms with Gasteiger partial charge in [0.2, 0.25) is 0 Å². The summed E-state index contributed by atoms with van der Waals surface area (Å²) in [6.07, 6.45) is 11.1. The molecule has 0 bridgehead atoms. The molecule has 0 radical (unpaired) electrons. The zero-order valence-electron chi connectivity index (χ0n) is 6.92. The Kier molecular flexibility index (Phi) is 1.76. The molecule has 0 aliphatic heterocycles. The summed E-state index contributed by atoms with van der Waals surface area (Å²) < 4.78 is 0. The molecule has 0 heterocycles. The highest BCUT2D eigenvalue weighted by Crippen LogP contribution is 2.42. The molecule has 2 aliphatic carbocycles. The fraction of sp³-hybridized carbons (Fsp3) is 0.800. The Morgan fingerprint density at radius 3 is 3.09 bits per heavy atom. The first kappa shape index (κ1) is 7.35. The smallest absolute Gasteiger partial charge is 0.0681 e. The Labute approximate surface area is 68.1 Å². The van der Waals surface area contributed by atoms with E-state index in [0.717, 1.165) is 25.7 Å². The van der Waals surface area contributed by atoms with Gasteiger partial charge in [0.15, 0.2) is 0 Å². The van der Waals surface area contributed by atoms with E-state index in [4.69, 9.17) is 0 Å². The third-order valence-corrected chi connectivity index (χ3v) is 3.25. The minimum atomic E-state index is -0.288. The molecule has 0 aromatic carbocycles. The number of fused-ring (bicyclic) bond motifs is 1. The Morgan fingerprint density at radius 1 is 1.27 bits per heavy atom. The van der Waals surface area contributed by atoms with Crippen molar-refractivity contribution in [2.24, 2.45) is 5.92 Å². The molecule has 0 amide bonds. The summed E-state index contributed by atoms with van der Waals surface area (Å²) in [5.74, 6) is 0.571. The van der Waals surface area contributed by atoms with Gasteiger partial charge in [-0.2, -0.15) is 0 Å². The van der Waals surface area contributed by atoms with E-state index < -0.39 is 0 Å². The van der Waals surface area contributed by atoms with Gasteiger partial charge in [0.25, 0.3) is 0 Å². The normalized spacial score (nSPS) is 43.5. The van der Waals surface area contributed by atoms with E-state index in [1.165, 1.54) is 12.8 Å². The minimum absolute atomic E-state index is 0.288. The van der Waals surface area contributed by atoms with Crippen LogP contribution in [-0.2, 0) is 0 Å². The lowest BCUT2D eigenvalue weighted by molar-refractivity contribution is -0.00157. The molecule has 0 spiro atoms. The summed E-state index contributed by atoms with van der Waals surface area (Å²) in [5, 5.41) is 10.2. The molecule has 0 unspecified atom stereocenters. The van der Waals surface area contributed by atoms with Crippen molar-refractivity contribution in [3.63, 3.8) is 0 Å². The van der Waals surface area contributed by atoms with Gasteiger partial charge in [-0.25, -0.2) is 0 Å². The molecule has 2 rings (SSSR count). The highest BCUT2D eigenvalue weighted by molar-refractivity contribution is 5.01. The number of rotatable bonds is 0. The van der Waals surface area contributed by atoms with Crippen molar-refractivity contribution < 1.29 is 5.11 Å². The number of aliphatic hydroxyl groups is 1. The van der Waals surface area contributed by atoms with Gasteiger partial charge >= 0.3 is 0 Å². The summed E-state index contributed by atoms with van der Waals surface area (Å²) in [6, 6.07) is 0. The van der Waals surface area contributed by atoms with E-state index in [1.807, 2.05) is 0 Å². The van der Waals surface area contributed by atoms with Crippen LogP contribution in [0.5, 0.6) is 0 Å². The van der Waals surface area contributed by atoms with Crippen molar-refractivity contribution in [2.75, 3.05) is 0 Å². The summed E-state index contributed by atoms with van der Waals surface area (Å²) in [4.78, 5) is 0. The lowest BCUT2D eigenvalue weighted by atomic mass is 9.86. The maximum absolute atomic E-state index is 10.2. The molecule has 1 fully saturated rings. The molecule has 0 aromatic rings. The second-order valence-corrected chi connectivity index (χ2v) is 3.94. The summed E-state index contributed by atoms with van der Waals surface area (Å²) in [6.45, 7) is 0. The van der Waals surface area contributed by atoms with E-state index in [0.29, 0.717) is 5.92 Å². The highest BCUT2D eigenvalue weighted by Gasteiger charge is 2.39. The lowest BCUT2D eigenvalue weighted by Crippen LogP contribution is -2.31. The molecule has 1 N–H and O–H groups in total. The van der Waals surface area contributed by atoms with Crippen molar-refractivity contribution in [2.45, 2.75) is 44.1 Å². The Morgan fingerprint density at radius 2 is 2.18 bits per heavy atom. The maximum atomic E-state index is 10.2. The molecular weight excluding hydrogens is 136 g/mol. The first-order chi connectivity index (χ1) is 5.31. The van der Waals surface area contributed by atoms with Gasteiger partial charge in [-0.1, -0.05) is 18.6 Å². The van der Waals surface area contributed by atoms with E-state index in [2.05, 4.69) is 12.2 Å². The van der Waals surface area contributed by atoms with Crippen LogP contribution in [0.15, 0.2) is 12.2 Å². The summed E-state index contributed by atoms with van der Waals surface area (Å²) in [5.41, 5.74) is -0.288. The van der Waals surface area contributed by atoms with Gasteiger partial charge in [0, 0.05) is 0 Å². The second kappa shape index (κ2) is 2.63. The Balaban J connectivity index is 2.14. The first-order valence-corrected chi connectivity index (χ1v) is 4.69. The average molecular weight is 152 g/mol. The van der Waals surface area contributed by atoms with Crippen LogP contribution in [0, 0.1) is 5.92 Å². The Bertz CT molecular complexity index is 174. The van der Waals surface area contributed by atoms with E-state index in [9.17, 15) is 5.11 Å². The van der Waals surface area contributed by atoms with Gasteiger partial charge in [0.1, 0.15) is 0 Å². The third-order valence-electron chi connectivity index (χ3n) is 3.25. The molecule has 1 heteroatoms. The van der Waals surface area contributed by atoms with Crippen LogP contribution >= 0.6 is 0 Å². The van der Waals surface area contributed by atoms with E-state index >= 15 is 0 Å². The van der Waals surface area contributed by atoms with Gasteiger partial charge in [-0.15, -0.1) is 0 Å². The van der Waals surface area contributed by atoms with Crippen molar-refractivity contribution in [3.8, 4) is 0 Å². The van der Waals surface area contributed by atoms with Crippen LogP contribution in [0.1, 0.15) is 38.5 Å². The number of hydrogen-bond donors (Lipinski definition) is 1. The van der Waals surface area contributed by atoms with Crippen LogP contribution in [0.3, 0.4) is 0 Å². The van der Waals surface area contributed by atoms with Crippen molar-refractivity contribution >= 4 is 0 Å². The van der Waals surface area contributed by atoms with Crippen molar-refractivity contribution in [1.29, 1.82) is 0 Å². The average Bonchev–Trinajstić information content (AvgIpc) is 2.24. The standard InChI is InChI=1S/C10H16O/c11-10-7-3-1-2-5-9(10)6-4-8-10/h1-2,9,11H,3-8H2/t9-,10+/m0/s1. The van der Waals surface area contributed by atoms with Gasteiger partial charge < -0.3 is 5.11 Å². The molecule has 1 nitrogen and oxygen atoms in total. The molecular formula is C10H16O. The highest BCUT2D eigenvalue weighted by atomic mass is 16.3. The third kappa shape index (κ3) is 1.22. The number of hydrogen-bond acceptors (Lipinski definition) is 1. The molecule has 0 aromatic heterocycles. The summed E-state index contributed by atoms with van der Waals surface area (Å²) >= 11 is 0. The second-order valence-electron chi connectivity index (χ2n) is 3.94. The molecule has 1 saturated carbocycles. The zero-order valence-corrected chi connectivity index (χ0v) is 6.92. The van der Waals surface area contributed by atoms with Gasteiger partial charge in [-0.3, -0.25) is 0 Å². The minimum Gasteiger partial charge on any atom is -0.390 e. The number of allylic oxidation sites excluding steroid dienone is 2. The van der Waals surface area contributed by atoms with Crippen molar-refractivity contribution in [3.05, 3.63) is 12.2 Å². The first-order valence-electron chi connectivity index (χ1n) is 4.69. The molecule has 2 atom stereocenters. The van der Waals surface area contributed by atoms with Crippen LogP contribution in [-0.4, -0.2) is 10.7 Å².